The SMILES string of the molecule is Cc1cccc([N+](=O)[O-])c1Oc1ccc(C(=O)O)cc1Cl. The summed E-state index contributed by atoms with van der Waals surface area (Å²) >= 11 is 5.95. The Morgan fingerprint density at radius 3 is 2.62 bits per heavy atom. The summed E-state index contributed by atoms with van der Waals surface area (Å²) in [5.74, 6) is -0.892. The van der Waals surface area contributed by atoms with Gasteiger partial charge in [-0.05, 0) is 30.7 Å². The molecule has 2 rings (SSSR count). The van der Waals surface area contributed by atoms with E-state index in [2.05, 4.69) is 0 Å². The van der Waals surface area contributed by atoms with E-state index in [4.69, 9.17) is 21.4 Å². The van der Waals surface area contributed by atoms with Crippen molar-refractivity contribution in [2.24, 2.45) is 0 Å². The van der Waals surface area contributed by atoms with Crippen molar-refractivity contribution in [1.29, 1.82) is 0 Å². The molecule has 0 amide bonds. The van der Waals surface area contributed by atoms with Crippen LogP contribution in [0.15, 0.2) is 36.4 Å². The van der Waals surface area contributed by atoms with E-state index >= 15 is 0 Å². The second-order valence-electron chi connectivity index (χ2n) is 4.23. The molecule has 0 aliphatic heterocycles. The molecule has 0 aliphatic carbocycles. The molecule has 0 unspecified atom stereocenters. The summed E-state index contributed by atoms with van der Waals surface area (Å²) < 4.78 is 5.50. The highest BCUT2D eigenvalue weighted by Crippen LogP contribution is 2.37. The summed E-state index contributed by atoms with van der Waals surface area (Å²) in [6.45, 7) is 1.67. The predicted molar refractivity (Wildman–Crippen MR) is 76.3 cm³/mol. The number of ether oxygens (including phenoxy) is 1. The van der Waals surface area contributed by atoms with Crippen LogP contribution in [0.2, 0.25) is 5.02 Å². The second kappa shape index (κ2) is 5.80. The zero-order chi connectivity index (χ0) is 15.6. The van der Waals surface area contributed by atoms with Crippen molar-refractivity contribution in [2.45, 2.75) is 6.92 Å². The van der Waals surface area contributed by atoms with Gasteiger partial charge in [0.05, 0.1) is 15.5 Å². The molecule has 7 heteroatoms. The average molecular weight is 308 g/mol. The molecule has 0 bridgehead atoms. The molecular formula is C14H10ClNO5. The van der Waals surface area contributed by atoms with Gasteiger partial charge in [0.2, 0.25) is 5.75 Å². The van der Waals surface area contributed by atoms with Crippen LogP contribution in [0.25, 0.3) is 0 Å². The molecule has 0 saturated heterocycles. The number of rotatable bonds is 4. The molecule has 21 heavy (non-hydrogen) atoms. The lowest BCUT2D eigenvalue weighted by atomic mass is 10.2. The monoisotopic (exact) mass is 307 g/mol. The van der Waals surface area contributed by atoms with Gasteiger partial charge in [0.25, 0.3) is 0 Å². The highest BCUT2D eigenvalue weighted by molar-refractivity contribution is 6.32. The fourth-order valence-electron chi connectivity index (χ4n) is 1.74. The molecule has 108 valence electrons. The molecule has 0 aliphatic rings. The van der Waals surface area contributed by atoms with Crippen molar-refractivity contribution in [1.82, 2.24) is 0 Å². The molecule has 0 saturated carbocycles. The molecule has 0 atom stereocenters. The number of halogens is 1. The second-order valence-corrected chi connectivity index (χ2v) is 4.64. The topological polar surface area (TPSA) is 89.7 Å². The maximum Gasteiger partial charge on any atom is 0.335 e. The third kappa shape index (κ3) is 3.11. The van der Waals surface area contributed by atoms with Gasteiger partial charge >= 0.3 is 11.7 Å². The molecule has 0 fully saturated rings. The summed E-state index contributed by atoms with van der Waals surface area (Å²) in [5.41, 5.74) is 0.391. The van der Waals surface area contributed by atoms with Crippen molar-refractivity contribution >= 4 is 23.3 Å². The number of nitro groups is 1. The summed E-state index contributed by atoms with van der Waals surface area (Å²) in [7, 11) is 0. The predicted octanol–water partition coefficient (Wildman–Crippen LogP) is 4.05. The maximum atomic E-state index is 11.0. The van der Waals surface area contributed by atoms with Crippen molar-refractivity contribution in [3.63, 3.8) is 0 Å². The molecule has 0 heterocycles. The van der Waals surface area contributed by atoms with Gasteiger partial charge in [0.1, 0.15) is 5.75 Å². The number of hydrogen-bond acceptors (Lipinski definition) is 4. The van der Waals surface area contributed by atoms with E-state index in [1.807, 2.05) is 0 Å². The van der Waals surface area contributed by atoms with Gasteiger partial charge in [-0.15, -0.1) is 0 Å². The number of carbonyl (C=O) groups is 1. The first-order valence-corrected chi connectivity index (χ1v) is 6.22. The number of carboxylic acids is 1. The number of hydrogen-bond donors (Lipinski definition) is 1. The van der Waals surface area contributed by atoms with E-state index in [1.54, 1.807) is 19.1 Å². The highest BCUT2D eigenvalue weighted by Gasteiger charge is 2.19. The summed E-state index contributed by atoms with van der Waals surface area (Å²) in [6.07, 6.45) is 0. The minimum Gasteiger partial charge on any atom is -0.478 e. The Balaban J connectivity index is 2.44. The van der Waals surface area contributed by atoms with Crippen LogP contribution in [-0.2, 0) is 0 Å². The van der Waals surface area contributed by atoms with Gasteiger partial charge in [0.15, 0.2) is 0 Å². The van der Waals surface area contributed by atoms with Crippen molar-refractivity contribution in [3.05, 3.63) is 62.7 Å². The normalized spacial score (nSPS) is 10.2. The van der Waals surface area contributed by atoms with Gasteiger partial charge in [-0.25, -0.2) is 4.79 Å². The lowest BCUT2D eigenvalue weighted by Gasteiger charge is -2.10. The molecule has 1 N–H and O–H groups in total. The van der Waals surface area contributed by atoms with E-state index in [0.717, 1.165) is 0 Å². The third-order valence-corrected chi connectivity index (χ3v) is 3.07. The number of carboxylic acid groups (broad SMARTS) is 1. The average Bonchev–Trinajstić information content (AvgIpc) is 2.42. The number of benzene rings is 2. The zero-order valence-corrected chi connectivity index (χ0v) is 11.6. The van der Waals surface area contributed by atoms with Gasteiger partial charge in [-0.1, -0.05) is 23.7 Å². The smallest absolute Gasteiger partial charge is 0.335 e. The van der Waals surface area contributed by atoms with E-state index in [9.17, 15) is 14.9 Å². The van der Waals surface area contributed by atoms with Crippen LogP contribution < -0.4 is 4.74 Å². The van der Waals surface area contributed by atoms with Crippen molar-refractivity contribution in [3.8, 4) is 11.5 Å². The third-order valence-electron chi connectivity index (χ3n) is 2.78. The molecule has 2 aromatic carbocycles. The van der Waals surface area contributed by atoms with Crippen LogP contribution in [0.5, 0.6) is 11.5 Å². The first-order valence-electron chi connectivity index (χ1n) is 5.85. The maximum absolute atomic E-state index is 11.0. The number of para-hydroxylation sites is 1. The Bertz CT molecular complexity index is 729. The lowest BCUT2D eigenvalue weighted by Crippen LogP contribution is -1.98. The standard InChI is InChI=1S/C14H10ClNO5/c1-8-3-2-4-11(16(19)20)13(8)21-12-6-5-9(14(17)18)7-10(12)15/h2-7H,1H3,(H,17,18). The van der Waals surface area contributed by atoms with Crippen LogP contribution in [-0.4, -0.2) is 16.0 Å². The number of aromatic carboxylic acids is 1. The summed E-state index contributed by atoms with van der Waals surface area (Å²) in [4.78, 5) is 21.3. The molecule has 0 radical (unpaired) electrons. The van der Waals surface area contributed by atoms with Gasteiger partial charge < -0.3 is 9.84 Å². The van der Waals surface area contributed by atoms with E-state index in [1.165, 1.54) is 24.3 Å². The summed E-state index contributed by atoms with van der Waals surface area (Å²) in [5, 5.41) is 19.9. The fourth-order valence-corrected chi connectivity index (χ4v) is 1.96. The first kappa shape index (κ1) is 14.8. The quantitative estimate of drug-likeness (QED) is 0.680. The van der Waals surface area contributed by atoms with Crippen LogP contribution >= 0.6 is 11.6 Å². The molecular weight excluding hydrogens is 298 g/mol. The minimum atomic E-state index is -1.12. The highest BCUT2D eigenvalue weighted by atomic mass is 35.5. The Kier molecular flexibility index (Phi) is 4.09. The summed E-state index contributed by atoms with van der Waals surface area (Å²) in [6, 6.07) is 8.44. The van der Waals surface area contributed by atoms with E-state index in [0.29, 0.717) is 5.56 Å². The Labute approximate surface area is 124 Å². The minimum absolute atomic E-state index is 0.00614. The number of aryl methyl sites for hydroxylation is 1. The van der Waals surface area contributed by atoms with Crippen LogP contribution in [0.4, 0.5) is 5.69 Å². The fraction of sp³-hybridized carbons (Fsp3) is 0.0714. The lowest BCUT2D eigenvalue weighted by molar-refractivity contribution is -0.385. The Morgan fingerprint density at radius 2 is 2.05 bits per heavy atom. The van der Waals surface area contributed by atoms with E-state index < -0.39 is 10.9 Å². The molecule has 0 aromatic heterocycles. The first-order chi connectivity index (χ1) is 9.90. The van der Waals surface area contributed by atoms with Gasteiger partial charge in [-0.2, -0.15) is 0 Å². The van der Waals surface area contributed by atoms with Crippen LogP contribution in [0.1, 0.15) is 15.9 Å². The van der Waals surface area contributed by atoms with E-state index in [-0.39, 0.29) is 27.8 Å². The Hall–Kier alpha value is -2.60. The molecule has 0 spiro atoms. The van der Waals surface area contributed by atoms with Gasteiger partial charge in [0, 0.05) is 6.07 Å². The van der Waals surface area contributed by atoms with Crippen LogP contribution in [0, 0.1) is 17.0 Å². The number of nitro benzene ring substituents is 1. The number of nitrogens with zero attached hydrogens (tertiary/aromatic N) is 1. The van der Waals surface area contributed by atoms with Crippen molar-refractivity contribution in [2.75, 3.05) is 0 Å². The van der Waals surface area contributed by atoms with Crippen molar-refractivity contribution < 1.29 is 19.6 Å². The van der Waals surface area contributed by atoms with Gasteiger partial charge in [-0.3, -0.25) is 10.1 Å². The largest absolute Gasteiger partial charge is 0.478 e. The molecule has 2 aromatic rings. The zero-order valence-electron chi connectivity index (χ0n) is 10.9. The van der Waals surface area contributed by atoms with Crippen LogP contribution in [0.3, 0.4) is 0 Å². The Morgan fingerprint density at radius 1 is 1.33 bits per heavy atom. The molecule has 6 nitrogen and oxygen atoms in total.